The normalized spacial score (nSPS) is 23.8. The van der Waals surface area contributed by atoms with E-state index in [1.54, 1.807) is 0 Å². The minimum absolute atomic E-state index is 0.203. The smallest absolute Gasteiger partial charge is 0.307 e. The summed E-state index contributed by atoms with van der Waals surface area (Å²) < 4.78 is 0. The van der Waals surface area contributed by atoms with Gasteiger partial charge in [0.25, 0.3) is 0 Å². The van der Waals surface area contributed by atoms with Crippen molar-refractivity contribution in [3.05, 3.63) is 29.3 Å². The number of aliphatic carboxylic acids is 1. The highest BCUT2D eigenvalue weighted by atomic mass is 16.4. The van der Waals surface area contributed by atoms with Crippen LogP contribution in [-0.2, 0) is 9.59 Å². The van der Waals surface area contributed by atoms with Gasteiger partial charge in [-0.05, 0) is 36.5 Å². The van der Waals surface area contributed by atoms with E-state index in [1.165, 1.54) is 0 Å². The lowest BCUT2D eigenvalue weighted by molar-refractivity contribution is -0.140. The van der Waals surface area contributed by atoms with Crippen LogP contribution in [0.1, 0.15) is 25.0 Å². The Morgan fingerprint density at radius 3 is 2.37 bits per heavy atom. The van der Waals surface area contributed by atoms with Gasteiger partial charge >= 0.3 is 5.97 Å². The second-order valence-corrected chi connectivity index (χ2v) is 5.92. The molecule has 2 rings (SSSR count). The number of hydrogen-bond donors (Lipinski definition) is 2. The number of carboxylic acids is 1. The molecule has 1 amide bonds. The zero-order chi connectivity index (χ0) is 14.4. The Morgan fingerprint density at radius 2 is 1.84 bits per heavy atom. The van der Waals surface area contributed by atoms with E-state index in [0.717, 1.165) is 16.8 Å². The summed E-state index contributed by atoms with van der Waals surface area (Å²) in [7, 11) is 0. The maximum atomic E-state index is 12.2. The Kier molecular flexibility index (Phi) is 3.12. The highest BCUT2D eigenvalue weighted by Crippen LogP contribution is 2.58. The summed E-state index contributed by atoms with van der Waals surface area (Å²) in [6.07, 6.45) is 0. The fraction of sp³-hybridized carbons (Fsp3) is 0.467. The number of rotatable bonds is 3. The predicted molar refractivity (Wildman–Crippen MR) is 72.9 cm³/mol. The molecule has 2 atom stereocenters. The van der Waals surface area contributed by atoms with Crippen LogP contribution >= 0.6 is 0 Å². The molecule has 0 heterocycles. The number of benzene rings is 1. The fourth-order valence-corrected chi connectivity index (χ4v) is 2.67. The van der Waals surface area contributed by atoms with Gasteiger partial charge in [0.2, 0.25) is 5.91 Å². The third-order valence-electron chi connectivity index (χ3n) is 4.03. The van der Waals surface area contributed by atoms with Gasteiger partial charge in [-0.2, -0.15) is 0 Å². The molecule has 2 unspecified atom stereocenters. The van der Waals surface area contributed by atoms with Crippen molar-refractivity contribution < 1.29 is 14.7 Å². The molecule has 4 heteroatoms. The van der Waals surface area contributed by atoms with Crippen molar-refractivity contribution >= 4 is 17.6 Å². The van der Waals surface area contributed by atoms with E-state index in [0.29, 0.717) is 0 Å². The number of hydrogen-bond acceptors (Lipinski definition) is 2. The molecule has 1 aliphatic carbocycles. The molecule has 1 saturated carbocycles. The molecule has 1 aromatic carbocycles. The van der Waals surface area contributed by atoms with Crippen molar-refractivity contribution in [2.45, 2.75) is 27.7 Å². The SMILES string of the molecule is Cc1ccc(C)c(NC(=O)C2C(C(=O)O)C2(C)C)c1. The van der Waals surface area contributed by atoms with Crippen LogP contribution in [0.25, 0.3) is 0 Å². The average molecular weight is 261 g/mol. The summed E-state index contributed by atoms with van der Waals surface area (Å²) in [5.41, 5.74) is 2.33. The molecule has 1 aliphatic rings. The zero-order valence-electron chi connectivity index (χ0n) is 11.7. The molecule has 0 spiro atoms. The van der Waals surface area contributed by atoms with Gasteiger partial charge in [0.05, 0.1) is 11.8 Å². The molecule has 19 heavy (non-hydrogen) atoms. The van der Waals surface area contributed by atoms with Gasteiger partial charge in [-0.15, -0.1) is 0 Å². The molecule has 0 aromatic heterocycles. The lowest BCUT2D eigenvalue weighted by atomic mass is 10.1. The molecule has 0 bridgehead atoms. The average Bonchev–Trinajstić information content (AvgIpc) is 2.87. The van der Waals surface area contributed by atoms with E-state index in [-0.39, 0.29) is 5.91 Å². The van der Waals surface area contributed by atoms with Gasteiger partial charge in [-0.25, -0.2) is 0 Å². The second-order valence-electron chi connectivity index (χ2n) is 5.92. The molecule has 102 valence electrons. The molecule has 2 N–H and O–H groups in total. The molecule has 1 fully saturated rings. The molecular weight excluding hydrogens is 242 g/mol. The van der Waals surface area contributed by atoms with Crippen LogP contribution < -0.4 is 5.32 Å². The molecule has 0 saturated heterocycles. The van der Waals surface area contributed by atoms with E-state index in [2.05, 4.69) is 5.32 Å². The van der Waals surface area contributed by atoms with Gasteiger partial charge in [-0.3, -0.25) is 9.59 Å². The van der Waals surface area contributed by atoms with Crippen LogP contribution in [0.2, 0.25) is 0 Å². The minimum atomic E-state index is -0.897. The number of aryl methyl sites for hydroxylation is 2. The van der Waals surface area contributed by atoms with Crippen molar-refractivity contribution in [1.82, 2.24) is 0 Å². The number of carboxylic acid groups (broad SMARTS) is 1. The zero-order valence-corrected chi connectivity index (χ0v) is 11.7. The maximum Gasteiger partial charge on any atom is 0.307 e. The first-order valence-electron chi connectivity index (χ1n) is 6.36. The van der Waals surface area contributed by atoms with Crippen molar-refractivity contribution in [3.63, 3.8) is 0 Å². The molecule has 4 nitrogen and oxygen atoms in total. The van der Waals surface area contributed by atoms with Gasteiger partial charge in [-0.1, -0.05) is 26.0 Å². The third kappa shape index (κ3) is 2.35. The lowest BCUT2D eigenvalue weighted by Gasteiger charge is -2.10. The summed E-state index contributed by atoms with van der Waals surface area (Å²) in [5.74, 6) is -2.14. The van der Waals surface area contributed by atoms with Gasteiger partial charge in [0, 0.05) is 5.69 Å². The summed E-state index contributed by atoms with van der Waals surface area (Å²) in [6, 6.07) is 5.82. The number of carbonyl (C=O) groups is 2. The van der Waals surface area contributed by atoms with Crippen LogP contribution in [0.3, 0.4) is 0 Å². The van der Waals surface area contributed by atoms with Crippen molar-refractivity contribution in [2.24, 2.45) is 17.3 Å². The number of amides is 1. The summed E-state index contributed by atoms with van der Waals surface area (Å²) >= 11 is 0. The van der Waals surface area contributed by atoms with Crippen LogP contribution in [0.4, 0.5) is 5.69 Å². The largest absolute Gasteiger partial charge is 0.481 e. The quantitative estimate of drug-likeness (QED) is 0.879. The first kappa shape index (κ1) is 13.6. The highest BCUT2D eigenvalue weighted by molar-refractivity contribution is 6.00. The topological polar surface area (TPSA) is 66.4 Å². The third-order valence-corrected chi connectivity index (χ3v) is 4.03. The van der Waals surface area contributed by atoms with Crippen molar-refractivity contribution in [1.29, 1.82) is 0 Å². The Balaban J connectivity index is 2.15. The summed E-state index contributed by atoms with van der Waals surface area (Å²) in [5, 5.41) is 11.9. The van der Waals surface area contributed by atoms with Crippen LogP contribution in [0.15, 0.2) is 18.2 Å². The van der Waals surface area contributed by atoms with Gasteiger partial charge < -0.3 is 10.4 Å². The van der Waals surface area contributed by atoms with E-state index in [4.69, 9.17) is 5.11 Å². The Labute approximate surface area is 112 Å². The fourth-order valence-electron chi connectivity index (χ4n) is 2.67. The minimum Gasteiger partial charge on any atom is -0.481 e. The van der Waals surface area contributed by atoms with E-state index in [9.17, 15) is 9.59 Å². The number of anilines is 1. The predicted octanol–water partition coefficient (Wildman–Crippen LogP) is 2.60. The first-order chi connectivity index (χ1) is 8.75. The molecule has 1 aromatic rings. The second kappa shape index (κ2) is 4.37. The molecular formula is C15H19NO3. The van der Waals surface area contributed by atoms with Crippen molar-refractivity contribution in [3.8, 4) is 0 Å². The summed E-state index contributed by atoms with van der Waals surface area (Å²) in [4.78, 5) is 23.3. The van der Waals surface area contributed by atoms with Crippen molar-refractivity contribution in [2.75, 3.05) is 5.32 Å². The standard InChI is InChI=1S/C15H19NO3/c1-8-5-6-9(2)10(7-8)16-13(17)11-12(14(18)19)15(11,3)4/h5-7,11-12H,1-4H3,(H,16,17)(H,18,19). The van der Waals surface area contributed by atoms with Crippen LogP contribution in [0.5, 0.6) is 0 Å². The van der Waals surface area contributed by atoms with E-state index in [1.807, 2.05) is 45.9 Å². The van der Waals surface area contributed by atoms with E-state index < -0.39 is 23.2 Å². The first-order valence-corrected chi connectivity index (χ1v) is 6.36. The number of nitrogens with one attached hydrogen (secondary N) is 1. The summed E-state index contributed by atoms with van der Waals surface area (Å²) in [6.45, 7) is 7.51. The lowest BCUT2D eigenvalue weighted by Crippen LogP contribution is -2.18. The monoisotopic (exact) mass is 261 g/mol. The van der Waals surface area contributed by atoms with E-state index >= 15 is 0 Å². The van der Waals surface area contributed by atoms with Crippen LogP contribution in [0, 0.1) is 31.1 Å². The Morgan fingerprint density at radius 1 is 1.21 bits per heavy atom. The maximum absolute atomic E-state index is 12.2. The number of carbonyl (C=O) groups excluding carboxylic acids is 1. The molecule has 0 radical (unpaired) electrons. The Hall–Kier alpha value is -1.84. The molecule has 0 aliphatic heterocycles. The van der Waals surface area contributed by atoms with Gasteiger partial charge in [0.15, 0.2) is 0 Å². The van der Waals surface area contributed by atoms with Gasteiger partial charge in [0.1, 0.15) is 0 Å². The highest BCUT2D eigenvalue weighted by Gasteiger charge is 2.65. The Bertz CT molecular complexity index is 548. The van der Waals surface area contributed by atoms with Crippen LogP contribution in [-0.4, -0.2) is 17.0 Å².